The molecule has 0 atom stereocenters. The van der Waals surface area contributed by atoms with E-state index in [4.69, 9.17) is 25.8 Å². The molecule has 0 saturated carbocycles. The summed E-state index contributed by atoms with van der Waals surface area (Å²) in [5.41, 5.74) is 0.463. The number of ether oxygens (including phenoxy) is 3. The van der Waals surface area contributed by atoms with Crippen molar-refractivity contribution in [3.05, 3.63) is 40.9 Å². The zero-order valence-corrected chi connectivity index (χ0v) is 18.5. The van der Waals surface area contributed by atoms with Crippen molar-refractivity contribution in [2.45, 2.75) is 18.7 Å². The Kier molecular flexibility index (Phi) is 6.74. The first-order valence-electron chi connectivity index (χ1n) is 9.40. The van der Waals surface area contributed by atoms with Crippen molar-refractivity contribution in [3.8, 4) is 17.2 Å². The van der Waals surface area contributed by atoms with Gasteiger partial charge in [0.2, 0.25) is 10.0 Å². The number of amides is 1. The smallest absolute Gasteiger partial charge is 0.255 e. The summed E-state index contributed by atoms with van der Waals surface area (Å²) in [5, 5.41) is 2.95. The Morgan fingerprint density at radius 1 is 1.17 bits per heavy atom. The van der Waals surface area contributed by atoms with E-state index < -0.39 is 15.9 Å². The van der Waals surface area contributed by atoms with E-state index in [2.05, 4.69) is 5.32 Å². The summed E-state index contributed by atoms with van der Waals surface area (Å²) in [6, 6.07) is 7.32. The van der Waals surface area contributed by atoms with Crippen LogP contribution in [0.1, 0.15) is 24.2 Å². The molecule has 10 heteroatoms. The maximum atomic E-state index is 12.8. The molecule has 0 saturated heterocycles. The van der Waals surface area contributed by atoms with E-state index in [0.717, 1.165) is 0 Å². The highest BCUT2D eigenvalue weighted by atomic mass is 35.5. The molecule has 0 fully saturated rings. The average Bonchev–Trinajstić information content (AvgIpc) is 2.74. The van der Waals surface area contributed by atoms with Crippen molar-refractivity contribution in [1.29, 1.82) is 0 Å². The van der Waals surface area contributed by atoms with Gasteiger partial charge in [0, 0.05) is 18.7 Å². The van der Waals surface area contributed by atoms with Gasteiger partial charge in [-0.2, -0.15) is 4.31 Å². The third kappa shape index (κ3) is 4.33. The first-order chi connectivity index (χ1) is 14.3. The Hall–Kier alpha value is -2.49. The molecule has 0 spiro atoms. The number of benzene rings is 2. The maximum Gasteiger partial charge on any atom is 0.255 e. The number of nitrogens with zero attached hydrogens (tertiary/aromatic N) is 1. The second-order valence-electron chi connectivity index (χ2n) is 6.39. The van der Waals surface area contributed by atoms with E-state index >= 15 is 0 Å². The Labute approximate surface area is 180 Å². The highest BCUT2D eigenvalue weighted by molar-refractivity contribution is 7.89. The topological polar surface area (TPSA) is 94.2 Å². The summed E-state index contributed by atoms with van der Waals surface area (Å²) in [6.45, 7) is 4.93. The Balaban J connectivity index is 1.94. The molecular weight excluding hydrogens is 432 g/mol. The second kappa shape index (κ2) is 9.11. The van der Waals surface area contributed by atoms with Crippen molar-refractivity contribution < 1.29 is 27.4 Å². The number of carbonyl (C=O) groups is 1. The van der Waals surface area contributed by atoms with Crippen LogP contribution in [0.15, 0.2) is 35.2 Å². The number of hydrogen-bond acceptors (Lipinski definition) is 6. The molecule has 0 aliphatic carbocycles. The van der Waals surface area contributed by atoms with Crippen molar-refractivity contribution >= 4 is 33.2 Å². The van der Waals surface area contributed by atoms with Gasteiger partial charge in [-0.15, -0.1) is 0 Å². The predicted molar refractivity (Wildman–Crippen MR) is 113 cm³/mol. The highest BCUT2D eigenvalue weighted by Gasteiger charge is 2.24. The van der Waals surface area contributed by atoms with Gasteiger partial charge in [0.1, 0.15) is 19.0 Å². The molecule has 30 heavy (non-hydrogen) atoms. The third-order valence-corrected chi connectivity index (χ3v) is 6.95. The monoisotopic (exact) mass is 454 g/mol. The van der Waals surface area contributed by atoms with E-state index in [-0.39, 0.29) is 21.2 Å². The number of nitrogens with one attached hydrogen (secondary N) is 1. The summed E-state index contributed by atoms with van der Waals surface area (Å²) in [5.74, 6) is 0.600. The van der Waals surface area contributed by atoms with Crippen LogP contribution >= 0.6 is 11.6 Å². The van der Waals surface area contributed by atoms with Gasteiger partial charge in [-0.25, -0.2) is 8.42 Å². The minimum absolute atomic E-state index is 0.0579. The van der Waals surface area contributed by atoms with Gasteiger partial charge in [0.25, 0.3) is 5.91 Å². The zero-order chi connectivity index (χ0) is 21.9. The van der Waals surface area contributed by atoms with Crippen LogP contribution in [0.5, 0.6) is 17.2 Å². The number of fused-ring (bicyclic) bond motifs is 1. The van der Waals surface area contributed by atoms with Crippen molar-refractivity contribution in [2.24, 2.45) is 0 Å². The molecule has 162 valence electrons. The Morgan fingerprint density at radius 2 is 1.87 bits per heavy atom. The van der Waals surface area contributed by atoms with Gasteiger partial charge in [-0.1, -0.05) is 25.4 Å². The SMILES string of the molecule is CCN(CC)S(=O)(=O)c1ccc(OC)c(NC(=O)c2cc(Cl)c3c(c2)OCCO3)c1. The van der Waals surface area contributed by atoms with Crippen LogP contribution in [-0.4, -0.2) is 52.0 Å². The lowest BCUT2D eigenvalue weighted by molar-refractivity contribution is 0.102. The van der Waals surface area contributed by atoms with Crippen LogP contribution in [0.3, 0.4) is 0 Å². The highest BCUT2D eigenvalue weighted by Crippen LogP contribution is 2.38. The van der Waals surface area contributed by atoms with Crippen LogP contribution in [0.4, 0.5) is 5.69 Å². The molecule has 2 aromatic rings. The molecule has 3 rings (SSSR count). The van der Waals surface area contributed by atoms with Gasteiger partial charge in [-0.05, 0) is 30.3 Å². The van der Waals surface area contributed by atoms with E-state index in [1.807, 2.05) is 0 Å². The molecule has 0 bridgehead atoms. The first-order valence-corrected chi connectivity index (χ1v) is 11.2. The molecule has 1 aliphatic heterocycles. The molecule has 1 N–H and O–H groups in total. The fourth-order valence-electron chi connectivity index (χ4n) is 3.09. The van der Waals surface area contributed by atoms with Crippen LogP contribution in [0.25, 0.3) is 0 Å². The summed E-state index contributed by atoms with van der Waals surface area (Å²) in [6.07, 6.45) is 0. The lowest BCUT2D eigenvalue weighted by Crippen LogP contribution is -2.30. The minimum atomic E-state index is -3.70. The van der Waals surface area contributed by atoms with Crippen LogP contribution in [0.2, 0.25) is 5.02 Å². The van der Waals surface area contributed by atoms with Crippen LogP contribution in [0, 0.1) is 0 Å². The summed E-state index contributed by atoms with van der Waals surface area (Å²) < 4.78 is 43.2. The number of halogens is 1. The van der Waals surface area contributed by atoms with E-state index in [9.17, 15) is 13.2 Å². The Bertz CT molecular complexity index is 1050. The standard InChI is InChI=1S/C20H23ClN2O6S/c1-4-23(5-2)30(25,26)14-6-7-17(27-3)16(12-14)22-20(24)13-10-15(21)19-18(11-13)28-8-9-29-19/h6-7,10-12H,4-5,8-9H2,1-3H3,(H,22,24). The normalized spacial score (nSPS) is 13.2. The van der Waals surface area contributed by atoms with Gasteiger partial charge < -0.3 is 19.5 Å². The van der Waals surface area contributed by atoms with E-state index in [0.29, 0.717) is 43.6 Å². The molecule has 8 nitrogen and oxygen atoms in total. The van der Waals surface area contributed by atoms with Gasteiger partial charge in [-0.3, -0.25) is 4.79 Å². The third-order valence-electron chi connectivity index (χ3n) is 4.62. The van der Waals surface area contributed by atoms with Crippen LogP contribution in [-0.2, 0) is 10.0 Å². The largest absolute Gasteiger partial charge is 0.495 e. The summed E-state index contributed by atoms with van der Waals surface area (Å²) in [4.78, 5) is 12.9. The van der Waals surface area contributed by atoms with Crippen LogP contribution < -0.4 is 19.5 Å². The molecule has 0 unspecified atom stereocenters. The van der Waals surface area contributed by atoms with Gasteiger partial charge in [0.15, 0.2) is 11.5 Å². The molecule has 1 heterocycles. The lowest BCUT2D eigenvalue weighted by Gasteiger charge is -2.21. The molecule has 1 amide bonds. The molecule has 0 radical (unpaired) electrons. The molecular formula is C20H23ClN2O6S. The average molecular weight is 455 g/mol. The number of methoxy groups -OCH3 is 1. The predicted octanol–water partition coefficient (Wildman–Crippen LogP) is 3.40. The number of sulfonamides is 1. The van der Waals surface area contributed by atoms with Gasteiger partial charge in [0.05, 0.1) is 22.7 Å². The van der Waals surface area contributed by atoms with Gasteiger partial charge >= 0.3 is 0 Å². The minimum Gasteiger partial charge on any atom is -0.495 e. The van der Waals surface area contributed by atoms with Crippen molar-refractivity contribution in [1.82, 2.24) is 4.31 Å². The zero-order valence-electron chi connectivity index (χ0n) is 16.9. The fourth-order valence-corrected chi connectivity index (χ4v) is 4.84. The molecule has 0 aromatic heterocycles. The fraction of sp³-hybridized carbons (Fsp3) is 0.350. The van der Waals surface area contributed by atoms with Crippen molar-refractivity contribution in [3.63, 3.8) is 0 Å². The molecule has 2 aromatic carbocycles. The summed E-state index contributed by atoms with van der Waals surface area (Å²) >= 11 is 6.21. The number of anilines is 1. The van der Waals surface area contributed by atoms with E-state index in [1.54, 1.807) is 13.8 Å². The molecule has 1 aliphatic rings. The summed E-state index contributed by atoms with van der Waals surface area (Å²) in [7, 11) is -2.26. The number of carbonyl (C=O) groups excluding carboxylic acids is 1. The van der Waals surface area contributed by atoms with E-state index in [1.165, 1.54) is 41.7 Å². The second-order valence-corrected chi connectivity index (χ2v) is 8.73. The lowest BCUT2D eigenvalue weighted by atomic mass is 10.1. The number of rotatable bonds is 7. The Morgan fingerprint density at radius 3 is 2.53 bits per heavy atom. The van der Waals surface area contributed by atoms with Crippen molar-refractivity contribution in [2.75, 3.05) is 38.7 Å². The maximum absolute atomic E-state index is 12.8. The first kappa shape index (κ1) is 22.2. The number of hydrogen-bond donors (Lipinski definition) is 1. The quantitative estimate of drug-likeness (QED) is 0.689.